The van der Waals surface area contributed by atoms with Crippen LogP contribution in [0.2, 0.25) is 0 Å². The summed E-state index contributed by atoms with van der Waals surface area (Å²) >= 11 is 4.45. The number of hydrogen-bond acceptors (Lipinski definition) is 8. The topological polar surface area (TPSA) is 73.3 Å². The van der Waals surface area contributed by atoms with E-state index in [4.69, 9.17) is 9.47 Å². The Hall–Kier alpha value is -2.10. The minimum absolute atomic E-state index is 0.149. The average Bonchev–Trinajstić information content (AvgIpc) is 3.31. The Balaban J connectivity index is 1.60. The molecule has 0 aliphatic carbocycles. The van der Waals surface area contributed by atoms with Crippen LogP contribution < -0.4 is 14.8 Å². The zero-order valence-corrected chi connectivity index (χ0v) is 16.0. The number of thioether (sulfide) groups is 1. The summed E-state index contributed by atoms with van der Waals surface area (Å²) in [6.07, 6.45) is 0. The predicted molar refractivity (Wildman–Crippen MR) is 102 cm³/mol. The second-order valence-corrected chi connectivity index (χ2v) is 7.90. The van der Waals surface area contributed by atoms with Crippen molar-refractivity contribution < 1.29 is 14.3 Å². The number of hydrogen-bond donors (Lipinski definition) is 1. The minimum atomic E-state index is -0.149. The first kappa shape index (κ1) is 17.7. The largest absolute Gasteiger partial charge is 0.497 e. The number of anilines is 1. The van der Waals surface area contributed by atoms with Gasteiger partial charge >= 0.3 is 0 Å². The number of ether oxygens (including phenoxy) is 2. The Kier molecular flexibility index (Phi) is 5.90. The van der Waals surface area contributed by atoms with Crippen molar-refractivity contribution in [2.24, 2.45) is 0 Å². The van der Waals surface area contributed by atoms with Crippen LogP contribution in [-0.4, -0.2) is 36.1 Å². The summed E-state index contributed by atoms with van der Waals surface area (Å²) in [7, 11) is 3.13. The number of carbonyl (C=O) groups excluding carboxylic acids is 1. The fraction of sp³-hybridized carbons (Fsp3) is 0.188. The molecule has 3 rings (SSSR count). The lowest BCUT2D eigenvalue weighted by Crippen LogP contribution is -2.14. The molecule has 0 aliphatic heterocycles. The van der Waals surface area contributed by atoms with Crippen LogP contribution in [-0.2, 0) is 4.79 Å². The monoisotopic (exact) mass is 393 g/mol. The molecule has 0 saturated heterocycles. The van der Waals surface area contributed by atoms with Crippen molar-refractivity contribution in [3.05, 3.63) is 35.7 Å². The molecule has 6 nitrogen and oxygen atoms in total. The van der Waals surface area contributed by atoms with Gasteiger partial charge in [-0.15, -0.1) is 21.5 Å². The van der Waals surface area contributed by atoms with E-state index in [1.807, 2.05) is 17.5 Å². The molecular weight excluding hydrogens is 378 g/mol. The maximum Gasteiger partial charge on any atom is 0.234 e. The van der Waals surface area contributed by atoms with Crippen molar-refractivity contribution in [3.8, 4) is 21.4 Å². The number of nitrogens with one attached hydrogen (secondary N) is 1. The summed E-state index contributed by atoms with van der Waals surface area (Å²) in [4.78, 5) is 13.3. The van der Waals surface area contributed by atoms with Gasteiger partial charge in [0.1, 0.15) is 11.5 Å². The Morgan fingerprint density at radius 2 is 2.12 bits per heavy atom. The van der Waals surface area contributed by atoms with E-state index in [1.165, 1.54) is 23.1 Å². The smallest absolute Gasteiger partial charge is 0.234 e. The molecule has 0 aliphatic rings. The number of aromatic nitrogens is 2. The van der Waals surface area contributed by atoms with Crippen LogP contribution in [0.25, 0.3) is 9.88 Å². The second kappa shape index (κ2) is 8.32. The van der Waals surface area contributed by atoms with Gasteiger partial charge in [-0.1, -0.05) is 29.2 Å². The highest BCUT2D eigenvalue weighted by Gasteiger charge is 2.12. The van der Waals surface area contributed by atoms with Crippen molar-refractivity contribution in [2.75, 3.05) is 25.3 Å². The highest BCUT2D eigenvalue weighted by molar-refractivity contribution is 8.01. The molecule has 1 aromatic carbocycles. The van der Waals surface area contributed by atoms with Gasteiger partial charge < -0.3 is 14.8 Å². The van der Waals surface area contributed by atoms with Gasteiger partial charge in [0.25, 0.3) is 0 Å². The van der Waals surface area contributed by atoms with Gasteiger partial charge in [-0.3, -0.25) is 4.79 Å². The van der Waals surface area contributed by atoms with Crippen LogP contribution in [0.15, 0.2) is 40.1 Å². The van der Waals surface area contributed by atoms with Gasteiger partial charge in [-0.05, 0) is 23.6 Å². The number of amides is 1. The van der Waals surface area contributed by atoms with Crippen molar-refractivity contribution in [1.82, 2.24) is 10.2 Å². The summed E-state index contributed by atoms with van der Waals surface area (Å²) in [6.45, 7) is 0. The maximum absolute atomic E-state index is 12.2. The van der Waals surface area contributed by atoms with Gasteiger partial charge in [0.2, 0.25) is 5.91 Å². The zero-order valence-electron chi connectivity index (χ0n) is 13.5. The molecule has 0 unspecified atom stereocenters. The van der Waals surface area contributed by atoms with Crippen molar-refractivity contribution >= 4 is 46.0 Å². The maximum atomic E-state index is 12.2. The standard InChI is InChI=1S/C16H15N3O3S3/c1-21-10-5-6-12(22-2)11(8-10)17-14(20)9-24-16-19-18-15(25-16)13-4-3-7-23-13/h3-8H,9H2,1-2H3,(H,17,20). The number of rotatable bonds is 7. The highest BCUT2D eigenvalue weighted by atomic mass is 32.2. The van der Waals surface area contributed by atoms with Crippen LogP contribution in [0.3, 0.4) is 0 Å². The molecule has 0 saturated carbocycles. The molecule has 0 fully saturated rings. The first-order valence-electron chi connectivity index (χ1n) is 7.21. The summed E-state index contributed by atoms with van der Waals surface area (Å²) in [5, 5.41) is 14.0. The van der Waals surface area contributed by atoms with E-state index in [1.54, 1.807) is 43.8 Å². The molecule has 1 amide bonds. The molecule has 25 heavy (non-hydrogen) atoms. The predicted octanol–water partition coefficient (Wildman–Crippen LogP) is 4.01. The van der Waals surface area contributed by atoms with Crippen molar-refractivity contribution in [2.45, 2.75) is 4.34 Å². The lowest BCUT2D eigenvalue weighted by molar-refractivity contribution is -0.113. The Labute approximate surface area is 157 Å². The Bertz CT molecular complexity index is 849. The summed E-state index contributed by atoms with van der Waals surface area (Å²) in [6, 6.07) is 9.22. The molecule has 0 atom stereocenters. The molecular formula is C16H15N3O3S3. The Morgan fingerprint density at radius 3 is 2.84 bits per heavy atom. The third-order valence-electron chi connectivity index (χ3n) is 3.15. The second-order valence-electron chi connectivity index (χ2n) is 4.75. The zero-order chi connectivity index (χ0) is 17.6. The fourth-order valence-electron chi connectivity index (χ4n) is 1.99. The van der Waals surface area contributed by atoms with E-state index < -0.39 is 0 Å². The van der Waals surface area contributed by atoms with E-state index in [-0.39, 0.29) is 11.7 Å². The fourth-order valence-corrected chi connectivity index (χ4v) is 4.44. The van der Waals surface area contributed by atoms with Gasteiger partial charge in [-0.25, -0.2) is 0 Å². The van der Waals surface area contributed by atoms with Crippen molar-refractivity contribution in [1.29, 1.82) is 0 Å². The number of nitrogens with zero attached hydrogens (tertiary/aromatic N) is 2. The van der Waals surface area contributed by atoms with Crippen LogP contribution in [0.4, 0.5) is 5.69 Å². The highest BCUT2D eigenvalue weighted by Crippen LogP contribution is 2.32. The molecule has 0 bridgehead atoms. The van der Waals surface area contributed by atoms with Crippen LogP contribution in [0.1, 0.15) is 0 Å². The van der Waals surface area contributed by atoms with Crippen molar-refractivity contribution in [3.63, 3.8) is 0 Å². The number of methoxy groups -OCH3 is 2. The summed E-state index contributed by atoms with van der Waals surface area (Å²) < 4.78 is 11.2. The summed E-state index contributed by atoms with van der Waals surface area (Å²) in [5.74, 6) is 1.31. The normalized spacial score (nSPS) is 10.5. The number of carbonyl (C=O) groups is 1. The minimum Gasteiger partial charge on any atom is -0.497 e. The van der Waals surface area contributed by atoms with Gasteiger partial charge in [0, 0.05) is 6.07 Å². The van der Waals surface area contributed by atoms with Gasteiger partial charge in [0.15, 0.2) is 9.35 Å². The molecule has 130 valence electrons. The first-order valence-corrected chi connectivity index (χ1v) is 9.90. The third kappa shape index (κ3) is 4.50. The first-order chi connectivity index (χ1) is 12.2. The van der Waals surface area contributed by atoms with E-state index in [0.29, 0.717) is 17.2 Å². The van der Waals surface area contributed by atoms with Crippen LogP contribution in [0, 0.1) is 0 Å². The number of thiophene rings is 1. The molecule has 0 radical (unpaired) electrons. The molecule has 1 N–H and O–H groups in total. The lowest BCUT2D eigenvalue weighted by atomic mass is 10.2. The van der Waals surface area contributed by atoms with E-state index in [2.05, 4.69) is 15.5 Å². The molecule has 2 heterocycles. The van der Waals surface area contributed by atoms with Crippen LogP contribution in [0.5, 0.6) is 11.5 Å². The average molecular weight is 394 g/mol. The van der Waals surface area contributed by atoms with E-state index in [9.17, 15) is 4.79 Å². The third-order valence-corrected chi connectivity index (χ3v) is 6.24. The Morgan fingerprint density at radius 1 is 1.24 bits per heavy atom. The van der Waals surface area contributed by atoms with Crippen LogP contribution >= 0.6 is 34.4 Å². The SMILES string of the molecule is COc1ccc(OC)c(NC(=O)CSc2nnc(-c3cccs3)s2)c1. The molecule has 3 aromatic rings. The van der Waals surface area contributed by atoms with Gasteiger partial charge in [0.05, 0.1) is 30.5 Å². The van der Waals surface area contributed by atoms with Gasteiger partial charge in [-0.2, -0.15) is 0 Å². The molecule has 2 aromatic heterocycles. The van der Waals surface area contributed by atoms with E-state index in [0.717, 1.165) is 14.2 Å². The lowest BCUT2D eigenvalue weighted by Gasteiger charge is -2.11. The molecule has 0 spiro atoms. The summed E-state index contributed by atoms with van der Waals surface area (Å²) in [5.41, 5.74) is 0.573. The quantitative estimate of drug-likeness (QED) is 0.611. The van der Waals surface area contributed by atoms with E-state index >= 15 is 0 Å². The number of benzene rings is 1. The molecule has 9 heteroatoms.